The van der Waals surface area contributed by atoms with Crippen LogP contribution < -0.4 is 0 Å². The van der Waals surface area contributed by atoms with E-state index < -0.39 is 0 Å². The van der Waals surface area contributed by atoms with Crippen molar-refractivity contribution in [3.8, 4) is 0 Å². The molecule has 0 radical (unpaired) electrons. The Kier molecular flexibility index (Phi) is 6.86. The van der Waals surface area contributed by atoms with E-state index in [2.05, 4.69) is 32.9 Å². The van der Waals surface area contributed by atoms with Crippen LogP contribution in [0.25, 0.3) is 0 Å². The summed E-state index contributed by atoms with van der Waals surface area (Å²) in [6, 6.07) is 0. The van der Waals surface area contributed by atoms with Crippen molar-refractivity contribution in [2.75, 3.05) is 7.11 Å². The molecule has 2 aliphatic rings. The summed E-state index contributed by atoms with van der Waals surface area (Å²) in [5.41, 5.74) is 2.35. The lowest BCUT2D eigenvalue weighted by Gasteiger charge is -2.33. The van der Waals surface area contributed by atoms with Gasteiger partial charge >= 0.3 is 11.9 Å². The first-order valence-electron chi connectivity index (χ1n) is 9.42. The molecule has 140 valence electrons. The largest absolute Gasteiger partial charge is 0.469 e. The number of fused-ring (bicyclic) bond motifs is 2. The molecule has 1 heterocycles. The van der Waals surface area contributed by atoms with Crippen molar-refractivity contribution in [1.29, 1.82) is 0 Å². The Labute approximate surface area is 151 Å². The molecule has 0 aromatic rings. The van der Waals surface area contributed by atoms with E-state index in [0.29, 0.717) is 12.8 Å². The van der Waals surface area contributed by atoms with Gasteiger partial charge in [0.05, 0.1) is 19.4 Å². The number of allylic oxidation sites excluding steroid dienone is 4. The van der Waals surface area contributed by atoms with Gasteiger partial charge in [0.1, 0.15) is 6.10 Å². The second-order valence-corrected chi connectivity index (χ2v) is 7.98. The Bertz CT molecular complexity index is 560. The third-order valence-electron chi connectivity index (χ3n) is 5.77. The lowest BCUT2D eigenvalue weighted by Crippen LogP contribution is -2.35. The third-order valence-corrected chi connectivity index (χ3v) is 5.77. The van der Waals surface area contributed by atoms with Crippen LogP contribution in [0.4, 0.5) is 0 Å². The van der Waals surface area contributed by atoms with Gasteiger partial charge in [-0.15, -0.1) is 0 Å². The predicted molar refractivity (Wildman–Crippen MR) is 97.9 cm³/mol. The SMILES string of the molecule is COC(=O)C[C@]1(C)CC/C=C(\C)CC/C=C(\C)CC[C@@H]2C[C@@H]1OC2=O. The maximum absolute atomic E-state index is 12.3. The van der Waals surface area contributed by atoms with Crippen molar-refractivity contribution >= 4 is 11.9 Å². The Hall–Kier alpha value is -1.58. The van der Waals surface area contributed by atoms with Crippen LogP contribution >= 0.6 is 0 Å². The van der Waals surface area contributed by atoms with E-state index >= 15 is 0 Å². The van der Waals surface area contributed by atoms with Gasteiger partial charge in [0, 0.05) is 5.41 Å². The number of hydrogen-bond acceptors (Lipinski definition) is 4. The lowest BCUT2D eigenvalue weighted by molar-refractivity contribution is -0.154. The van der Waals surface area contributed by atoms with E-state index in [4.69, 9.17) is 9.47 Å². The first kappa shape index (κ1) is 19.7. The highest BCUT2D eigenvalue weighted by atomic mass is 16.6. The number of carbonyl (C=O) groups is 2. The molecule has 3 atom stereocenters. The van der Waals surface area contributed by atoms with Crippen LogP contribution in [0.1, 0.15) is 72.1 Å². The fourth-order valence-corrected chi connectivity index (χ4v) is 3.87. The van der Waals surface area contributed by atoms with Gasteiger partial charge in [0.25, 0.3) is 0 Å². The van der Waals surface area contributed by atoms with Crippen LogP contribution in [0.2, 0.25) is 0 Å². The lowest BCUT2D eigenvalue weighted by atomic mass is 9.74. The van der Waals surface area contributed by atoms with Crippen LogP contribution in [0.5, 0.6) is 0 Å². The third kappa shape index (κ3) is 5.45. The summed E-state index contributed by atoms with van der Waals surface area (Å²) in [4.78, 5) is 24.3. The number of ether oxygens (including phenoxy) is 2. The summed E-state index contributed by atoms with van der Waals surface area (Å²) in [6.07, 6.45) is 10.9. The predicted octanol–water partition coefficient (Wildman–Crippen LogP) is 4.73. The van der Waals surface area contributed by atoms with Crippen molar-refractivity contribution in [3.63, 3.8) is 0 Å². The Morgan fingerprint density at radius 1 is 1.24 bits per heavy atom. The molecule has 0 spiro atoms. The molecule has 0 aromatic heterocycles. The zero-order chi connectivity index (χ0) is 18.4. The Balaban J connectivity index is 2.22. The summed E-state index contributed by atoms with van der Waals surface area (Å²) in [5.74, 6) is -0.386. The fraction of sp³-hybridized carbons (Fsp3) is 0.714. The van der Waals surface area contributed by atoms with Crippen LogP contribution in [0.3, 0.4) is 0 Å². The van der Waals surface area contributed by atoms with Gasteiger partial charge in [0.2, 0.25) is 0 Å². The minimum atomic E-state index is -0.372. The average Bonchev–Trinajstić information content (AvgIpc) is 2.93. The van der Waals surface area contributed by atoms with Gasteiger partial charge in [-0.2, -0.15) is 0 Å². The van der Waals surface area contributed by atoms with Gasteiger partial charge in [-0.05, 0) is 58.8 Å². The molecule has 1 saturated heterocycles. The van der Waals surface area contributed by atoms with Crippen LogP contribution in [-0.4, -0.2) is 25.2 Å². The van der Waals surface area contributed by atoms with Crippen molar-refractivity contribution < 1.29 is 19.1 Å². The molecule has 0 amide bonds. The minimum Gasteiger partial charge on any atom is -0.469 e. The molecule has 4 nitrogen and oxygen atoms in total. The van der Waals surface area contributed by atoms with Crippen LogP contribution in [-0.2, 0) is 19.1 Å². The van der Waals surface area contributed by atoms with Gasteiger partial charge < -0.3 is 9.47 Å². The molecule has 1 fully saturated rings. The monoisotopic (exact) mass is 348 g/mol. The Morgan fingerprint density at radius 2 is 1.92 bits per heavy atom. The first-order valence-corrected chi connectivity index (χ1v) is 9.42. The molecule has 1 aliphatic carbocycles. The van der Waals surface area contributed by atoms with E-state index in [1.54, 1.807) is 0 Å². The zero-order valence-corrected chi connectivity index (χ0v) is 16.1. The molecule has 0 saturated carbocycles. The Morgan fingerprint density at radius 3 is 2.64 bits per heavy atom. The highest BCUT2D eigenvalue weighted by molar-refractivity contribution is 5.75. The number of methoxy groups -OCH3 is 1. The standard InChI is InChI=1S/C21H32O4/c1-15-7-5-8-16(2)10-11-17-13-18(25-20(17)23)21(3,12-6-9-15)14-19(22)24-4/h8-9,17-18H,5-7,10-14H2,1-4H3/b15-9+,16-8+/t17-,18+,21+/m1/s1. The van der Waals surface area contributed by atoms with E-state index in [1.165, 1.54) is 18.3 Å². The van der Waals surface area contributed by atoms with Crippen molar-refractivity contribution in [3.05, 3.63) is 23.3 Å². The molecule has 4 heteroatoms. The van der Waals surface area contributed by atoms with Crippen molar-refractivity contribution in [2.24, 2.45) is 11.3 Å². The maximum Gasteiger partial charge on any atom is 0.309 e. The summed E-state index contributed by atoms with van der Waals surface area (Å²) >= 11 is 0. The molecule has 0 N–H and O–H groups in total. The van der Waals surface area contributed by atoms with Gasteiger partial charge in [0.15, 0.2) is 0 Å². The second-order valence-electron chi connectivity index (χ2n) is 7.98. The van der Waals surface area contributed by atoms with E-state index in [-0.39, 0.29) is 29.4 Å². The quantitative estimate of drug-likeness (QED) is 0.534. The molecule has 2 bridgehead atoms. The number of hydrogen-bond donors (Lipinski definition) is 0. The molecular formula is C21H32O4. The zero-order valence-electron chi connectivity index (χ0n) is 16.1. The first-order chi connectivity index (χ1) is 11.8. The summed E-state index contributed by atoms with van der Waals surface area (Å²) in [5, 5.41) is 0. The van der Waals surface area contributed by atoms with Gasteiger partial charge in [-0.1, -0.05) is 30.2 Å². The van der Waals surface area contributed by atoms with Crippen molar-refractivity contribution in [2.45, 2.75) is 78.2 Å². The van der Waals surface area contributed by atoms with Crippen molar-refractivity contribution in [1.82, 2.24) is 0 Å². The highest BCUT2D eigenvalue weighted by Gasteiger charge is 2.45. The average molecular weight is 348 g/mol. The molecular weight excluding hydrogens is 316 g/mol. The van der Waals surface area contributed by atoms with E-state index in [9.17, 15) is 9.59 Å². The van der Waals surface area contributed by atoms with Gasteiger partial charge in [-0.25, -0.2) is 0 Å². The number of rotatable bonds is 2. The molecule has 2 rings (SSSR count). The minimum absolute atomic E-state index is 0.0504. The molecule has 1 aliphatic heterocycles. The van der Waals surface area contributed by atoms with E-state index in [0.717, 1.165) is 38.5 Å². The smallest absolute Gasteiger partial charge is 0.309 e. The molecule has 0 aromatic carbocycles. The van der Waals surface area contributed by atoms with Crippen LogP contribution in [0, 0.1) is 11.3 Å². The summed E-state index contributed by atoms with van der Waals surface area (Å²) in [7, 11) is 1.41. The van der Waals surface area contributed by atoms with Crippen LogP contribution in [0.15, 0.2) is 23.3 Å². The maximum atomic E-state index is 12.3. The second kappa shape index (κ2) is 8.68. The summed E-state index contributed by atoms with van der Waals surface area (Å²) < 4.78 is 10.6. The molecule has 0 unspecified atom stereocenters. The fourth-order valence-electron chi connectivity index (χ4n) is 3.87. The number of esters is 2. The van der Waals surface area contributed by atoms with Gasteiger partial charge in [-0.3, -0.25) is 9.59 Å². The normalized spacial score (nSPS) is 35.6. The highest BCUT2D eigenvalue weighted by Crippen LogP contribution is 2.42. The molecule has 25 heavy (non-hydrogen) atoms. The topological polar surface area (TPSA) is 52.6 Å². The number of carbonyl (C=O) groups excluding carboxylic acids is 2. The van der Waals surface area contributed by atoms with E-state index in [1.807, 2.05) is 0 Å². The summed E-state index contributed by atoms with van der Waals surface area (Å²) in [6.45, 7) is 6.37.